The van der Waals surface area contributed by atoms with E-state index < -0.39 is 0 Å². The maximum atomic E-state index is 11.6. The van der Waals surface area contributed by atoms with E-state index in [2.05, 4.69) is 21.3 Å². The third kappa shape index (κ3) is 3.54. The van der Waals surface area contributed by atoms with Gasteiger partial charge < -0.3 is 10.2 Å². The van der Waals surface area contributed by atoms with Gasteiger partial charge in [0.2, 0.25) is 0 Å². The molecule has 1 aliphatic rings. The second-order valence-electron chi connectivity index (χ2n) is 6.02. The van der Waals surface area contributed by atoms with Gasteiger partial charge in [-0.15, -0.1) is 0 Å². The number of aromatic nitrogens is 1. The van der Waals surface area contributed by atoms with Crippen molar-refractivity contribution in [2.75, 3.05) is 23.3 Å². The molecule has 5 heteroatoms. The molecule has 1 aromatic heterocycles. The summed E-state index contributed by atoms with van der Waals surface area (Å²) in [5, 5.41) is 12.7. The van der Waals surface area contributed by atoms with Crippen molar-refractivity contribution in [3.63, 3.8) is 0 Å². The molecule has 0 spiro atoms. The largest absolute Gasteiger partial charge is 0.381 e. The molecule has 0 saturated carbocycles. The zero-order chi connectivity index (χ0) is 16.9. The Balaban J connectivity index is 1.67. The number of nitrogens with zero attached hydrogens (tertiary/aromatic N) is 3. The predicted molar refractivity (Wildman–Crippen MR) is 94.3 cm³/mol. The number of nitrogens with one attached hydrogen (secondary N) is 1. The molecule has 0 aliphatic carbocycles. The Morgan fingerprint density at radius 2 is 2.08 bits per heavy atom. The zero-order valence-corrected chi connectivity index (χ0v) is 13.7. The molecule has 0 amide bonds. The van der Waals surface area contributed by atoms with Gasteiger partial charge in [-0.05, 0) is 50.1 Å². The molecule has 0 bridgehead atoms. The molecular weight excluding hydrogens is 300 g/mol. The summed E-state index contributed by atoms with van der Waals surface area (Å²) in [5.41, 5.74) is 1.95. The fourth-order valence-electron chi connectivity index (χ4n) is 2.99. The maximum absolute atomic E-state index is 11.6. The summed E-state index contributed by atoms with van der Waals surface area (Å²) in [7, 11) is 0. The molecule has 1 aromatic carbocycles. The molecule has 1 saturated heterocycles. The number of hydrogen-bond donors (Lipinski definition) is 1. The fraction of sp³-hybridized carbons (Fsp3) is 0.316. The Bertz CT molecular complexity index is 759. The summed E-state index contributed by atoms with van der Waals surface area (Å²) in [6.07, 6.45) is 3.74. The fourth-order valence-corrected chi connectivity index (χ4v) is 2.99. The Morgan fingerprint density at radius 1 is 1.29 bits per heavy atom. The molecule has 122 valence electrons. The molecule has 3 rings (SSSR count). The van der Waals surface area contributed by atoms with E-state index in [9.17, 15) is 10.1 Å². The summed E-state index contributed by atoms with van der Waals surface area (Å²) in [5.74, 6) is 1.01. The molecule has 24 heavy (non-hydrogen) atoms. The van der Waals surface area contributed by atoms with E-state index in [1.165, 1.54) is 6.92 Å². The van der Waals surface area contributed by atoms with Crippen LogP contribution < -0.4 is 10.2 Å². The lowest BCUT2D eigenvalue weighted by molar-refractivity contribution is 0.101. The number of hydrogen-bond acceptors (Lipinski definition) is 5. The molecule has 1 N–H and O–H groups in total. The van der Waals surface area contributed by atoms with Crippen LogP contribution in [0.3, 0.4) is 0 Å². The van der Waals surface area contributed by atoms with Gasteiger partial charge in [0.15, 0.2) is 5.78 Å². The van der Waals surface area contributed by atoms with E-state index in [-0.39, 0.29) is 5.78 Å². The number of carbonyl (C=O) groups is 1. The Kier molecular flexibility index (Phi) is 4.76. The van der Waals surface area contributed by atoms with Crippen molar-refractivity contribution in [3.05, 3.63) is 53.7 Å². The molecular formula is C19H20N4O. The summed E-state index contributed by atoms with van der Waals surface area (Å²) in [6, 6.07) is 13.6. The van der Waals surface area contributed by atoms with Crippen LogP contribution in [0.15, 0.2) is 42.6 Å². The van der Waals surface area contributed by atoms with Crippen LogP contribution in [0.2, 0.25) is 0 Å². The van der Waals surface area contributed by atoms with Crippen molar-refractivity contribution in [2.45, 2.75) is 25.8 Å². The highest BCUT2D eigenvalue weighted by Crippen LogP contribution is 2.23. The van der Waals surface area contributed by atoms with Gasteiger partial charge in [-0.2, -0.15) is 5.26 Å². The number of nitriles is 1. The standard InChI is InChI=1S/C19H20N4O/c1-14(24)15-5-6-16(13-20)18(12-15)22-17-7-10-23(11-8-17)19-4-2-3-9-21-19/h2-6,9,12,17,22H,7-8,10-11H2,1H3. The minimum absolute atomic E-state index is 0.00695. The van der Waals surface area contributed by atoms with Crippen molar-refractivity contribution in [1.82, 2.24) is 4.98 Å². The van der Waals surface area contributed by atoms with Crippen LogP contribution in [0.4, 0.5) is 11.5 Å². The van der Waals surface area contributed by atoms with Gasteiger partial charge in [0.05, 0.1) is 11.3 Å². The first-order valence-electron chi connectivity index (χ1n) is 8.15. The molecule has 5 nitrogen and oxygen atoms in total. The van der Waals surface area contributed by atoms with Gasteiger partial charge in [-0.1, -0.05) is 6.07 Å². The van der Waals surface area contributed by atoms with Gasteiger partial charge in [-0.25, -0.2) is 4.98 Å². The molecule has 0 unspecified atom stereocenters. The lowest BCUT2D eigenvalue weighted by Gasteiger charge is -2.33. The van der Waals surface area contributed by atoms with Crippen LogP contribution in [0, 0.1) is 11.3 Å². The second kappa shape index (κ2) is 7.14. The normalized spacial score (nSPS) is 14.9. The van der Waals surface area contributed by atoms with Crippen LogP contribution in [0.1, 0.15) is 35.7 Å². The van der Waals surface area contributed by atoms with Crippen LogP contribution in [0.25, 0.3) is 0 Å². The van der Waals surface area contributed by atoms with E-state index in [1.54, 1.807) is 18.2 Å². The van der Waals surface area contributed by atoms with E-state index in [4.69, 9.17) is 0 Å². The number of pyridine rings is 1. The average molecular weight is 320 g/mol. The van der Waals surface area contributed by atoms with E-state index in [0.717, 1.165) is 37.4 Å². The van der Waals surface area contributed by atoms with E-state index in [1.807, 2.05) is 24.4 Å². The minimum atomic E-state index is 0.00695. The first-order chi connectivity index (χ1) is 11.7. The van der Waals surface area contributed by atoms with Crippen LogP contribution in [-0.4, -0.2) is 29.9 Å². The SMILES string of the molecule is CC(=O)c1ccc(C#N)c(NC2CCN(c3ccccn3)CC2)c1. The summed E-state index contributed by atoms with van der Waals surface area (Å²) < 4.78 is 0. The predicted octanol–water partition coefficient (Wildman–Crippen LogP) is 3.24. The lowest BCUT2D eigenvalue weighted by atomic mass is 10.0. The summed E-state index contributed by atoms with van der Waals surface area (Å²) in [4.78, 5) is 18.2. The number of rotatable bonds is 4. The van der Waals surface area contributed by atoms with Crippen molar-refractivity contribution in [3.8, 4) is 6.07 Å². The minimum Gasteiger partial charge on any atom is -0.381 e. The van der Waals surface area contributed by atoms with Gasteiger partial charge in [-0.3, -0.25) is 4.79 Å². The smallest absolute Gasteiger partial charge is 0.159 e. The first kappa shape index (κ1) is 16.0. The maximum Gasteiger partial charge on any atom is 0.159 e. The first-order valence-corrected chi connectivity index (χ1v) is 8.15. The number of piperidine rings is 1. The third-order valence-corrected chi connectivity index (χ3v) is 4.37. The molecule has 0 radical (unpaired) electrons. The van der Waals surface area contributed by atoms with Crippen LogP contribution in [-0.2, 0) is 0 Å². The summed E-state index contributed by atoms with van der Waals surface area (Å²) >= 11 is 0. The highest BCUT2D eigenvalue weighted by atomic mass is 16.1. The van der Waals surface area contributed by atoms with Gasteiger partial charge in [0, 0.05) is 30.9 Å². The molecule has 2 aromatic rings. The van der Waals surface area contributed by atoms with Gasteiger partial charge >= 0.3 is 0 Å². The Labute approximate surface area is 141 Å². The van der Waals surface area contributed by atoms with Crippen LogP contribution in [0.5, 0.6) is 0 Å². The van der Waals surface area contributed by atoms with Crippen molar-refractivity contribution in [2.24, 2.45) is 0 Å². The zero-order valence-electron chi connectivity index (χ0n) is 13.7. The van der Waals surface area contributed by atoms with Crippen LogP contribution >= 0.6 is 0 Å². The Hall–Kier alpha value is -2.87. The molecule has 1 aliphatic heterocycles. The van der Waals surface area contributed by atoms with Gasteiger partial charge in [0.25, 0.3) is 0 Å². The number of anilines is 2. The molecule has 2 heterocycles. The second-order valence-corrected chi connectivity index (χ2v) is 6.02. The van der Waals surface area contributed by atoms with E-state index >= 15 is 0 Å². The number of Topliss-reactive ketones (excluding diaryl/α,β-unsaturated/α-hetero) is 1. The third-order valence-electron chi connectivity index (χ3n) is 4.37. The molecule has 0 atom stereocenters. The number of benzene rings is 1. The quantitative estimate of drug-likeness (QED) is 0.876. The topological polar surface area (TPSA) is 69.0 Å². The van der Waals surface area contributed by atoms with E-state index in [0.29, 0.717) is 17.2 Å². The molecule has 1 fully saturated rings. The monoisotopic (exact) mass is 320 g/mol. The summed E-state index contributed by atoms with van der Waals surface area (Å²) in [6.45, 7) is 3.38. The van der Waals surface area contributed by atoms with Crippen molar-refractivity contribution in [1.29, 1.82) is 5.26 Å². The average Bonchev–Trinajstić information content (AvgIpc) is 2.63. The highest BCUT2D eigenvalue weighted by molar-refractivity contribution is 5.95. The number of carbonyl (C=O) groups excluding carboxylic acids is 1. The van der Waals surface area contributed by atoms with Gasteiger partial charge in [0.1, 0.15) is 11.9 Å². The Morgan fingerprint density at radius 3 is 2.71 bits per heavy atom. The lowest BCUT2D eigenvalue weighted by Crippen LogP contribution is -2.39. The number of ketones is 1. The van der Waals surface area contributed by atoms with Crippen molar-refractivity contribution >= 4 is 17.3 Å². The highest BCUT2D eigenvalue weighted by Gasteiger charge is 2.21. The van der Waals surface area contributed by atoms with Crippen molar-refractivity contribution < 1.29 is 4.79 Å².